The summed E-state index contributed by atoms with van der Waals surface area (Å²) in [5.41, 5.74) is 0.922. The summed E-state index contributed by atoms with van der Waals surface area (Å²) in [5, 5.41) is 2.04. The summed E-state index contributed by atoms with van der Waals surface area (Å²) in [6, 6.07) is 3.15. The number of nitrogens with zero attached hydrogens (tertiary/aromatic N) is 1. The summed E-state index contributed by atoms with van der Waals surface area (Å²) in [6.07, 6.45) is 7.22. The zero-order valence-corrected chi connectivity index (χ0v) is 11.1. The summed E-state index contributed by atoms with van der Waals surface area (Å²) in [5.74, 6) is 0.285. The molecule has 3 heterocycles. The van der Waals surface area contributed by atoms with Gasteiger partial charge in [-0.3, -0.25) is 4.79 Å². The van der Waals surface area contributed by atoms with Gasteiger partial charge in [-0.2, -0.15) is 0 Å². The maximum Gasteiger partial charge on any atom is 0.255 e. The number of rotatable bonds is 2. The number of hydrogen-bond acceptors (Lipinski definition) is 2. The average Bonchev–Trinajstić information content (AvgIpc) is 2.92. The number of aryl methyl sites for hydroxylation is 1. The summed E-state index contributed by atoms with van der Waals surface area (Å²) >= 11 is 1.72. The Morgan fingerprint density at radius 3 is 2.65 bits per heavy atom. The standard InChI is InChI=1S/C14H19NOS/c1-2-13-8-10(9-17-13)14(16)15-11-4-3-5-12(15)7-6-11/h8-9,11-12H,2-7H2,1H3. The van der Waals surface area contributed by atoms with E-state index in [1.165, 1.54) is 37.0 Å². The van der Waals surface area contributed by atoms with Gasteiger partial charge in [0.2, 0.25) is 0 Å². The second kappa shape index (κ2) is 4.45. The Kier molecular flexibility index (Phi) is 2.95. The number of piperidine rings is 1. The first-order valence-corrected chi connectivity index (χ1v) is 7.57. The number of amides is 1. The molecule has 0 spiro atoms. The van der Waals surface area contributed by atoms with Crippen molar-refractivity contribution in [3.05, 3.63) is 21.9 Å². The third-order valence-corrected chi connectivity index (χ3v) is 5.26. The Hall–Kier alpha value is -0.830. The predicted molar refractivity (Wildman–Crippen MR) is 70.5 cm³/mol. The number of carbonyl (C=O) groups is 1. The summed E-state index contributed by atoms with van der Waals surface area (Å²) in [7, 11) is 0. The lowest BCUT2D eigenvalue weighted by molar-refractivity contribution is 0.0595. The summed E-state index contributed by atoms with van der Waals surface area (Å²) in [6.45, 7) is 2.14. The monoisotopic (exact) mass is 249 g/mol. The van der Waals surface area contributed by atoms with E-state index in [0.29, 0.717) is 12.1 Å². The van der Waals surface area contributed by atoms with Crippen LogP contribution in [0.2, 0.25) is 0 Å². The van der Waals surface area contributed by atoms with E-state index >= 15 is 0 Å². The first kappa shape index (κ1) is 11.3. The molecule has 0 aliphatic carbocycles. The molecule has 3 rings (SSSR count). The summed E-state index contributed by atoms with van der Waals surface area (Å²) < 4.78 is 0. The van der Waals surface area contributed by atoms with Gasteiger partial charge in [-0.15, -0.1) is 11.3 Å². The lowest BCUT2D eigenvalue weighted by atomic mass is 10.0. The van der Waals surface area contributed by atoms with E-state index in [1.54, 1.807) is 11.3 Å². The van der Waals surface area contributed by atoms with Crippen LogP contribution in [-0.2, 0) is 6.42 Å². The normalized spacial score (nSPS) is 27.5. The Bertz CT molecular complexity index is 410. The molecular weight excluding hydrogens is 230 g/mol. The third-order valence-electron chi connectivity index (χ3n) is 4.18. The molecule has 0 aromatic carbocycles. The zero-order valence-electron chi connectivity index (χ0n) is 10.3. The second-order valence-electron chi connectivity index (χ2n) is 5.18. The van der Waals surface area contributed by atoms with Crippen molar-refractivity contribution in [2.45, 2.75) is 57.5 Å². The molecule has 0 radical (unpaired) electrons. The Labute approximate surface area is 107 Å². The minimum absolute atomic E-state index is 0.285. The highest BCUT2D eigenvalue weighted by Gasteiger charge is 2.39. The minimum atomic E-state index is 0.285. The van der Waals surface area contributed by atoms with Crippen molar-refractivity contribution in [1.82, 2.24) is 4.90 Å². The maximum atomic E-state index is 12.5. The van der Waals surface area contributed by atoms with Crippen LogP contribution in [0.4, 0.5) is 0 Å². The van der Waals surface area contributed by atoms with Crippen LogP contribution in [0.25, 0.3) is 0 Å². The molecule has 1 amide bonds. The predicted octanol–water partition coefficient (Wildman–Crippen LogP) is 3.47. The van der Waals surface area contributed by atoms with Crippen molar-refractivity contribution in [3.8, 4) is 0 Å². The van der Waals surface area contributed by atoms with E-state index < -0.39 is 0 Å². The van der Waals surface area contributed by atoms with E-state index in [1.807, 2.05) is 5.38 Å². The fourth-order valence-electron chi connectivity index (χ4n) is 3.28. The molecule has 2 nitrogen and oxygen atoms in total. The highest BCUT2D eigenvalue weighted by molar-refractivity contribution is 7.10. The van der Waals surface area contributed by atoms with Gasteiger partial charge in [0.05, 0.1) is 5.56 Å². The molecule has 2 aliphatic heterocycles. The Morgan fingerprint density at radius 2 is 2.06 bits per heavy atom. The molecule has 0 N–H and O–H groups in total. The van der Waals surface area contributed by atoms with Gasteiger partial charge in [-0.1, -0.05) is 6.92 Å². The molecule has 2 saturated heterocycles. The minimum Gasteiger partial charge on any atom is -0.333 e. The van der Waals surface area contributed by atoms with Crippen LogP contribution in [0.15, 0.2) is 11.4 Å². The average molecular weight is 249 g/mol. The van der Waals surface area contributed by atoms with Crippen LogP contribution >= 0.6 is 11.3 Å². The lowest BCUT2D eigenvalue weighted by Gasteiger charge is -2.34. The van der Waals surface area contributed by atoms with Gasteiger partial charge < -0.3 is 4.90 Å². The molecule has 2 unspecified atom stereocenters. The van der Waals surface area contributed by atoms with Gasteiger partial charge >= 0.3 is 0 Å². The van der Waals surface area contributed by atoms with Crippen LogP contribution in [0.1, 0.15) is 54.3 Å². The molecule has 2 fully saturated rings. The van der Waals surface area contributed by atoms with Crippen molar-refractivity contribution in [2.24, 2.45) is 0 Å². The van der Waals surface area contributed by atoms with Gasteiger partial charge in [0, 0.05) is 22.3 Å². The molecule has 1 aromatic heterocycles. The van der Waals surface area contributed by atoms with Gasteiger partial charge in [0.25, 0.3) is 5.91 Å². The van der Waals surface area contributed by atoms with Gasteiger partial charge in [-0.25, -0.2) is 0 Å². The quantitative estimate of drug-likeness (QED) is 0.786. The van der Waals surface area contributed by atoms with Crippen LogP contribution in [0.3, 0.4) is 0 Å². The first-order chi connectivity index (χ1) is 8.29. The Morgan fingerprint density at radius 1 is 1.35 bits per heavy atom. The van der Waals surface area contributed by atoms with E-state index in [0.717, 1.165) is 12.0 Å². The van der Waals surface area contributed by atoms with Crippen LogP contribution < -0.4 is 0 Å². The first-order valence-electron chi connectivity index (χ1n) is 6.69. The van der Waals surface area contributed by atoms with Gasteiger partial charge in [-0.05, 0) is 44.6 Å². The van der Waals surface area contributed by atoms with Gasteiger partial charge in [0.1, 0.15) is 0 Å². The highest BCUT2D eigenvalue weighted by atomic mass is 32.1. The van der Waals surface area contributed by atoms with E-state index in [-0.39, 0.29) is 5.91 Å². The molecule has 2 aliphatic rings. The highest BCUT2D eigenvalue weighted by Crippen LogP contribution is 2.36. The largest absolute Gasteiger partial charge is 0.333 e. The molecule has 3 heteroatoms. The smallest absolute Gasteiger partial charge is 0.255 e. The van der Waals surface area contributed by atoms with Crippen molar-refractivity contribution in [3.63, 3.8) is 0 Å². The number of carbonyl (C=O) groups excluding carboxylic acids is 1. The Balaban J connectivity index is 1.82. The van der Waals surface area contributed by atoms with E-state index in [2.05, 4.69) is 17.9 Å². The van der Waals surface area contributed by atoms with Crippen molar-refractivity contribution < 1.29 is 4.79 Å². The lowest BCUT2D eigenvalue weighted by Crippen LogP contribution is -2.43. The SMILES string of the molecule is CCc1cc(C(=O)N2C3CCCC2CC3)cs1. The fourth-order valence-corrected chi connectivity index (χ4v) is 4.08. The zero-order chi connectivity index (χ0) is 11.8. The number of hydrogen-bond donors (Lipinski definition) is 0. The van der Waals surface area contributed by atoms with Crippen LogP contribution in [-0.4, -0.2) is 22.9 Å². The van der Waals surface area contributed by atoms with Crippen molar-refractivity contribution in [2.75, 3.05) is 0 Å². The van der Waals surface area contributed by atoms with Crippen LogP contribution in [0.5, 0.6) is 0 Å². The van der Waals surface area contributed by atoms with Crippen molar-refractivity contribution in [1.29, 1.82) is 0 Å². The third kappa shape index (κ3) is 1.90. The topological polar surface area (TPSA) is 20.3 Å². The van der Waals surface area contributed by atoms with E-state index in [9.17, 15) is 4.79 Å². The molecule has 17 heavy (non-hydrogen) atoms. The molecule has 2 bridgehead atoms. The molecular formula is C14H19NOS. The molecule has 0 saturated carbocycles. The maximum absolute atomic E-state index is 12.5. The molecule has 92 valence electrons. The molecule has 1 aromatic rings. The van der Waals surface area contributed by atoms with Crippen LogP contribution in [0, 0.1) is 0 Å². The van der Waals surface area contributed by atoms with Crippen molar-refractivity contribution >= 4 is 17.2 Å². The number of thiophene rings is 1. The molecule has 2 atom stereocenters. The second-order valence-corrected chi connectivity index (χ2v) is 6.18. The number of fused-ring (bicyclic) bond motifs is 2. The van der Waals surface area contributed by atoms with Gasteiger partial charge in [0.15, 0.2) is 0 Å². The summed E-state index contributed by atoms with van der Waals surface area (Å²) in [4.78, 5) is 16.0. The van der Waals surface area contributed by atoms with E-state index in [4.69, 9.17) is 0 Å². The fraction of sp³-hybridized carbons (Fsp3) is 0.643.